The summed E-state index contributed by atoms with van der Waals surface area (Å²) in [6, 6.07) is 7.84. The van der Waals surface area contributed by atoms with E-state index in [9.17, 15) is 4.79 Å². The summed E-state index contributed by atoms with van der Waals surface area (Å²) in [4.78, 5) is 16.2. The van der Waals surface area contributed by atoms with Crippen LogP contribution in [-0.2, 0) is 4.43 Å². The maximum absolute atomic E-state index is 12.0. The Morgan fingerprint density at radius 1 is 1.13 bits per heavy atom. The van der Waals surface area contributed by atoms with E-state index in [2.05, 4.69) is 38.8 Å². The van der Waals surface area contributed by atoms with E-state index in [1.54, 1.807) is 26.0 Å². The van der Waals surface area contributed by atoms with Gasteiger partial charge < -0.3 is 18.8 Å². The maximum atomic E-state index is 12.0. The third-order valence-electron chi connectivity index (χ3n) is 5.11. The Hall–Kier alpha value is -1.96. The highest BCUT2D eigenvalue weighted by Gasteiger charge is 2.37. The van der Waals surface area contributed by atoms with E-state index in [-0.39, 0.29) is 11.5 Å². The molecule has 1 radical (unpaired) electrons. The van der Waals surface area contributed by atoms with Crippen LogP contribution in [0.4, 0.5) is 11.4 Å². The molecular formula is C23H30NO4SSi. The fraction of sp³-hybridized carbons (Fsp3) is 0.435. The second kappa shape index (κ2) is 8.65. The van der Waals surface area contributed by atoms with Crippen LogP contribution in [0, 0.1) is 5.41 Å². The zero-order valence-corrected chi connectivity index (χ0v) is 20.8. The number of carbonyl (C=O) groups excluding carboxylic acids is 1. The highest BCUT2D eigenvalue weighted by molar-refractivity contribution is 7.99. The van der Waals surface area contributed by atoms with Gasteiger partial charge in [-0.1, -0.05) is 32.5 Å². The normalized spacial score (nSPS) is 14.2. The molecule has 2 aromatic carbocycles. The average molecular weight is 445 g/mol. The van der Waals surface area contributed by atoms with Crippen LogP contribution in [-0.4, -0.2) is 36.6 Å². The summed E-state index contributed by atoms with van der Waals surface area (Å²) in [5.74, 6) is 1.49. The number of anilines is 2. The number of hydrogen-bond acceptors (Lipinski definition) is 6. The molecule has 0 fully saturated rings. The summed E-state index contributed by atoms with van der Waals surface area (Å²) >= 11 is 1.64. The first-order chi connectivity index (χ1) is 14.1. The molecule has 3 rings (SSSR count). The van der Waals surface area contributed by atoms with Crippen molar-refractivity contribution in [2.24, 2.45) is 5.41 Å². The van der Waals surface area contributed by atoms with Gasteiger partial charge in [0.05, 0.1) is 31.7 Å². The number of aldehydes is 1. The lowest BCUT2D eigenvalue weighted by Gasteiger charge is -2.38. The van der Waals surface area contributed by atoms with Crippen LogP contribution in [0.1, 0.15) is 42.8 Å². The summed E-state index contributed by atoms with van der Waals surface area (Å²) in [5.41, 5.74) is 3.38. The first-order valence-electron chi connectivity index (χ1n) is 9.88. The second-order valence-electron chi connectivity index (χ2n) is 8.64. The van der Waals surface area contributed by atoms with E-state index >= 15 is 0 Å². The number of rotatable bonds is 6. The van der Waals surface area contributed by atoms with Crippen LogP contribution < -0.4 is 14.4 Å². The Morgan fingerprint density at radius 2 is 1.83 bits per heavy atom. The van der Waals surface area contributed by atoms with Gasteiger partial charge in [-0.15, -0.1) is 0 Å². The number of nitrogens with zero attached hydrogens (tertiary/aromatic N) is 1. The Kier molecular flexibility index (Phi) is 6.55. The molecule has 2 aromatic rings. The lowest BCUT2D eigenvalue weighted by atomic mass is 9.83. The van der Waals surface area contributed by atoms with Crippen molar-refractivity contribution in [2.75, 3.05) is 26.2 Å². The van der Waals surface area contributed by atoms with Gasteiger partial charge in [0.15, 0.2) is 6.29 Å². The number of benzene rings is 2. The molecule has 0 saturated heterocycles. The highest BCUT2D eigenvalue weighted by Crippen LogP contribution is 2.56. The van der Waals surface area contributed by atoms with Gasteiger partial charge in [-0.2, -0.15) is 0 Å². The number of fused-ring (bicyclic) bond motifs is 2. The Morgan fingerprint density at radius 3 is 2.37 bits per heavy atom. The zero-order valence-electron chi connectivity index (χ0n) is 19.0. The molecule has 0 saturated carbocycles. The van der Waals surface area contributed by atoms with Crippen LogP contribution in [0.3, 0.4) is 0 Å². The number of methoxy groups -OCH3 is 2. The van der Waals surface area contributed by atoms with Gasteiger partial charge in [0.2, 0.25) is 9.04 Å². The van der Waals surface area contributed by atoms with E-state index in [4.69, 9.17) is 13.9 Å². The summed E-state index contributed by atoms with van der Waals surface area (Å²) < 4.78 is 17.8. The van der Waals surface area contributed by atoms with Crippen molar-refractivity contribution >= 4 is 38.5 Å². The standard InChI is InChI=1S/C23H30NO4SSi/c1-23(2,3)22(28-30(7)8)19-17(27-6)11-14(13-25)20-21(19)29-18-12-15(26-5)9-10-16(18)24(20)4/h9-13,22H,1-8H3. The van der Waals surface area contributed by atoms with Crippen molar-refractivity contribution < 1.29 is 18.7 Å². The second-order valence-corrected chi connectivity index (χ2v) is 11.7. The van der Waals surface area contributed by atoms with Crippen LogP contribution in [0.5, 0.6) is 11.5 Å². The molecule has 0 bridgehead atoms. The molecule has 0 aromatic heterocycles. The van der Waals surface area contributed by atoms with Crippen molar-refractivity contribution in [1.29, 1.82) is 0 Å². The zero-order chi connectivity index (χ0) is 22.2. The number of carbonyl (C=O) groups is 1. The molecule has 1 atom stereocenters. The van der Waals surface area contributed by atoms with Crippen molar-refractivity contribution in [2.45, 2.75) is 49.8 Å². The molecule has 5 nitrogen and oxygen atoms in total. The van der Waals surface area contributed by atoms with Crippen molar-refractivity contribution in [3.8, 4) is 11.5 Å². The van der Waals surface area contributed by atoms with E-state index in [1.165, 1.54) is 0 Å². The maximum Gasteiger partial charge on any atom is 0.205 e. The van der Waals surface area contributed by atoms with Crippen LogP contribution in [0.15, 0.2) is 34.1 Å². The van der Waals surface area contributed by atoms with Gasteiger partial charge >= 0.3 is 0 Å². The molecule has 0 spiro atoms. The molecule has 0 N–H and O–H groups in total. The summed E-state index contributed by atoms with van der Waals surface area (Å²) in [5, 5.41) is 0. The molecule has 1 heterocycles. The average Bonchev–Trinajstić information content (AvgIpc) is 2.69. The van der Waals surface area contributed by atoms with E-state index in [0.29, 0.717) is 11.3 Å². The largest absolute Gasteiger partial charge is 0.497 e. The first kappa shape index (κ1) is 22.7. The minimum absolute atomic E-state index is 0.153. The highest BCUT2D eigenvalue weighted by atomic mass is 32.2. The summed E-state index contributed by atoms with van der Waals surface area (Å²) in [6.07, 6.45) is 0.734. The molecule has 30 heavy (non-hydrogen) atoms. The first-order valence-corrected chi connectivity index (χ1v) is 13.1. The lowest BCUT2D eigenvalue weighted by Crippen LogP contribution is -2.28. The fourth-order valence-electron chi connectivity index (χ4n) is 3.73. The summed E-state index contributed by atoms with van der Waals surface area (Å²) in [6.45, 7) is 10.8. The van der Waals surface area contributed by atoms with Gasteiger partial charge in [0.25, 0.3) is 0 Å². The molecule has 1 unspecified atom stereocenters. The number of hydrogen-bond donors (Lipinski definition) is 0. The monoisotopic (exact) mass is 444 g/mol. The van der Waals surface area contributed by atoms with Crippen LogP contribution >= 0.6 is 11.8 Å². The quantitative estimate of drug-likeness (QED) is 0.396. The van der Waals surface area contributed by atoms with E-state index < -0.39 is 9.04 Å². The third-order valence-corrected chi connectivity index (χ3v) is 6.98. The predicted octanol–water partition coefficient (Wildman–Crippen LogP) is 6.10. The Balaban J connectivity index is 2.32. The predicted molar refractivity (Wildman–Crippen MR) is 124 cm³/mol. The molecular weight excluding hydrogens is 414 g/mol. The van der Waals surface area contributed by atoms with Crippen molar-refractivity contribution in [3.63, 3.8) is 0 Å². The fourth-order valence-corrected chi connectivity index (χ4v) is 6.05. The molecule has 1 aliphatic heterocycles. The number of ether oxygens (including phenoxy) is 2. The minimum Gasteiger partial charge on any atom is -0.497 e. The third kappa shape index (κ3) is 4.11. The van der Waals surface area contributed by atoms with E-state index in [1.807, 2.05) is 31.3 Å². The lowest BCUT2D eigenvalue weighted by molar-refractivity contribution is 0.0816. The molecule has 0 amide bonds. The van der Waals surface area contributed by atoms with Crippen molar-refractivity contribution in [3.05, 3.63) is 35.4 Å². The van der Waals surface area contributed by atoms with Crippen LogP contribution in [0.2, 0.25) is 13.1 Å². The topological polar surface area (TPSA) is 48.0 Å². The molecule has 0 aliphatic carbocycles. The minimum atomic E-state index is -0.980. The van der Waals surface area contributed by atoms with E-state index in [0.717, 1.165) is 38.8 Å². The Labute approximate surface area is 185 Å². The van der Waals surface area contributed by atoms with Crippen molar-refractivity contribution in [1.82, 2.24) is 0 Å². The molecule has 7 heteroatoms. The smallest absolute Gasteiger partial charge is 0.205 e. The molecule has 1 aliphatic rings. The van der Waals surface area contributed by atoms with Gasteiger partial charge in [-0.25, -0.2) is 0 Å². The summed E-state index contributed by atoms with van der Waals surface area (Å²) in [7, 11) is 4.33. The van der Waals surface area contributed by atoms with Gasteiger partial charge in [-0.3, -0.25) is 4.79 Å². The van der Waals surface area contributed by atoms with Gasteiger partial charge in [0, 0.05) is 28.0 Å². The van der Waals surface area contributed by atoms with Crippen LogP contribution in [0.25, 0.3) is 0 Å². The van der Waals surface area contributed by atoms with Gasteiger partial charge in [0.1, 0.15) is 11.5 Å². The molecule has 161 valence electrons. The SMILES string of the molecule is COc1ccc2c(c1)Sc1c(C(O[Si](C)C)C(C)(C)C)c(OC)cc(C=O)c1N2C. The Bertz CT molecular complexity index is 955. The van der Waals surface area contributed by atoms with Gasteiger partial charge in [-0.05, 0) is 42.8 Å².